The molecule has 4 aromatic rings. The minimum atomic E-state index is -0.679. The van der Waals surface area contributed by atoms with Crippen molar-refractivity contribution in [2.75, 3.05) is 32.8 Å². The standard InChI is InChI=1S/C29H32N4O3/c1-18-12-19(2)14-22(13-18)26(34)16-21-5-4-20(3)24(15-21)25-7-6-23-28(31-32-29(23)30-25)27(35)17-33-8-10-36-11-9-33/h4-7,12-15,27,35H,8-11,16-17H2,1-3H3,(H,30,31,32). The first kappa shape index (κ1) is 24.3. The number of aliphatic hydroxyl groups excluding tert-OH is 1. The van der Waals surface area contributed by atoms with E-state index in [1.54, 1.807) is 0 Å². The van der Waals surface area contributed by atoms with Gasteiger partial charge >= 0.3 is 0 Å². The maximum atomic E-state index is 13.0. The molecule has 186 valence electrons. The molecule has 0 radical (unpaired) electrons. The van der Waals surface area contributed by atoms with Gasteiger partial charge in [0.15, 0.2) is 11.4 Å². The van der Waals surface area contributed by atoms with E-state index in [1.807, 2.05) is 63.2 Å². The summed E-state index contributed by atoms with van der Waals surface area (Å²) in [6, 6.07) is 16.0. The average molecular weight is 485 g/mol. The molecule has 0 saturated carbocycles. The zero-order valence-electron chi connectivity index (χ0n) is 21.0. The minimum absolute atomic E-state index is 0.103. The van der Waals surface area contributed by atoms with Crippen molar-refractivity contribution >= 4 is 16.8 Å². The Balaban J connectivity index is 1.37. The van der Waals surface area contributed by atoms with Gasteiger partial charge in [0.05, 0.1) is 24.6 Å². The number of carbonyl (C=O) groups is 1. The highest BCUT2D eigenvalue weighted by molar-refractivity contribution is 5.98. The van der Waals surface area contributed by atoms with E-state index in [1.165, 1.54) is 0 Å². The number of hydrogen-bond donors (Lipinski definition) is 2. The number of ether oxygens (including phenoxy) is 1. The van der Waals surface area contributed by atoms with Gasteiger partial charge in [-0.05, 0) is 62.2 Å². The monoisotopic (exact) mass is 484 g/mol. The van der Waals surface area contributed by atoms with Crippen LogP contribution in [0.1, 0.15) is 44.4 Å². The summed E-state index contributed by atoms with van der Waals surface area (Å²) in [6.45, 7) is 9.60. The third-order valence-electron chi connectivity index (χ3n) is 6.80. The Labute approximate surface area is 211 Å². The van der Waals surface area contributed by atoms with Crippen molar-refractivity contribution in [3.05, 3.63) is 82.0 Å². The molecule has 3 heterocycles. The number of β-amino-alcohol motifs (C(OH)–C–C–N with tert-alkyl or cyclic N) is 1. The van der Waals surface area contributed by atoms with Crippen LogP contribution in [0.2, 0.25) is 0 Å². The van der Waals surface area contributed by atoms with Crippen LogP contribution in [-0.2, 0) is 11.2 Å². The number of Topliss-reactive ketones (excluding diaryl/α,β-unsaturated/α-hetero) is 1. The van der Waals surface area contributed by atoms with Crippen molar-refractivity contribution in [1.82, 2.24) is 20.1 Å². The number of ketones is 1. The van der Waals surface area contributed by atoms with Crippen LogP contribution in [0.15, 0.2) is 48.5 Å². The lowest BCUT2D eigenvalue weighted by Crippen LogP contribution is -2.38. The highest BCUT2D eigenvalue weighted by atomic mass is 16.5. The molecule has 7 heteroatoms. The predicted molar refractivity (Wildman–Crippen MR) is 140 cm³/mol. The first-order chi connectivity index (χ1) is 17.4. The zero-order valence-corrected chi connectivity index (χ0v) is 21.0. The highest BCUT2D eigenvalue weighted by Gasteiger charge is 2.21. The number of aliphatic hydroxyl groups is 1. The molecule has 2 N–H and O–H groups in total. The van der Waals surface area contributed by atoms with Crippen LogP contribution in [0.4, 0.5) is 0 Å². The molecule has 1 aliphatic heterocycles. The number of benzene rings is 2. The first-order valence-corrected chi connectivity index (χ1v) is 12.4. The van der Waals surface area contributed by atoms with Crippen molar-refractivity contribution in [3.63, 3.8) is 0 Å². The average Bonchev–Trinajstić information content (AvgIpc) is 3.29. The van der Waals surface area contributed by atoms with Crippen molar-refractivity contribution in [2.45, 2.75) is 33.3 Å². The van der Waals surface area contributed by atoms with Crippen LogP contribution >= 0.6 is 0 Å². The second kappa shape index (κ2) is 10.3. The fourth-order valence-corrected chi connectivity index (χ4v) is 4.92. The molecule has 1 unspecified atom stereocenters. The van der Waals surface area contributed by atoms with Crippen molar-refractivity contribution in [3.8, 4) is 11.3 Å². The van der Waals surface area contributed by atoms with Gasteiger partial charge < -0.3 is 9.84 Å². The summed E-state index contributed by atoms with van der Waals surface area (Å²) in [7, 11) is 0. The minimum Gasteiger partial charge on any atom is -0.385 e. The number of aromatic nitrogens is 3. The van der Waals surface area contributed by atoms with Crippen molar-refractivity contribution in [1.29, 1.82) is 0 Å². The van der Waals surface area contributed by atoms with E-state index in [-0.39, 0.29) is 5.78 Å². The quantitative estimate of drug-likeness (QED) is 0.379. The molecule has 2 aromatic carbocycles. The maximum absolute atomic E-state index is 13.0. The number of aryl methyl sites for hydroxylation is 3. The Kier molecular flexibility index (Phi) is 6.96. The smallest absolute Gasteiger partial charge is 0.181 e. The lowest BCUT2D eigenvalue weighted by Gasteiger charge is -2.28. The number of carbonyl (C=O) groups excluding carboxylic acids is 1. The molecule has 7 nitrogen and oxygen atoms in total. The van der Waals surface area contributed by atoms with E-state index < -0.39 is 6.10 Å². The predicted octanol–water partition coefficient (Wildman–Crippen LogP) is 4.34. The number of aromatic amines is 1. The third kappa shape index (κ3) is 5.23. The molecule has 1 saturated heterocycles. The van der Waals surface area contributed by atoms with E-state index in [2.05, 4.69) is 21.2 Å². The summed E-state index contributed by atoms with van der Waals surface area (Å²) in [5.41, 5.74) is 7.97. The molecular weight excluding hydrogens is 452 g/mol. The number of H-pyrrole nitrogens is 1. The Hall–Kier alpha value is -3.39. The van der Waals surface area contributed by atoms with Gasteiger partial charge in [0, 0.05) is 42.6 Å². The van der Waals surface area contributed by atoms with E-state index in [4.69, 9.17) is 9.72 Å². The van der Waals surface area contributed by atoms with Gasteiger partial charge in [0.25, 0.3) is 0 Å². The first-order valence-electron chi connectivity index (χ1n) is 12.4. The number of hydrogen-bond acceptors (Lipinski definition) is 6. The van der Waals surface area contributed by atoms with Gasteiger partial charge in [-0.2, -0.15) is 5.10 Å². The SMILES string of the molecule is Cc1cc(C)cc(C(=O)Cc2ccc(C)c(-c3ccc4c(C(O)CN5CCOCC5)[nH]nc4n3)c2)c1. The summed E-state index contributed by atoms with van der Waals surface area (Å²) < 4.78 is 5.40. The number of fused-ring (bicyclic) bond motifs is 1. The summed E-state index contributed by atoms with van der Waals surface area (Å²) >= 11 is 0. The number of nitrogens with zero attached hydrogens (tertiary/aromatic N) is 3. The Bertz CT molecular complexity index is 1380. The number of pyridine rings is 1. The van der Waals surface area contributed by atoms with Gasteiger partial charge in [0.2, 0.25) is 0 Å². The van der Waals surface area contributed by atoms with Crippen molar-refractivity contribution in [2.24, 2.45) is 0 Å². The molecule has 36 heavy (non-hydrogen) atoms. The zero-order chi connectivity index (χ0) is 25.2. The molecule has 1 aliphatic rings. The van der Waals surface area contributed by atoms with Gasteiger partial charge in [-0.15, -0.1) is 0 Å². The van der Waals surface area contributed by atoms with Crippen LogP contribution in [0.3, 0.4) is 0 Å². The van der Waals surface area contributed by atoms with Crippen LogP contribution in [0.5, 0.6) is 0 Å². The van der Waals surface area contributed by atoms with Crippen LogP contribution in [0.25, 0.3) is 22.3 Å². The molecule has 0 bridgehead atoms. The summed E-state index contributed by atoms with van der Waals surface area (Å²) in [5, 5.41) is 19.0. The molecule has 0 amide bonds. The van der Waals surface area contributed by atoms with Crippen molar-refractivity contribution < 1.29 is 14.6 Å². The van der Waals surface area contributed by atoms with Gasteiger partial charge in [-0.1, -0.05) is 29.3 Å². The molecular formula is C29H32N4O3. The topological polar surface area (TPSA) is 91.3 Å². The van der Waals surface area contributed by atoms with Gasteiger partial charge in [-0.3, -0.25) is 14.8 Å². The van der Waals surface area contributed by atoms with Crippen LogP contribution in [0, 0.1) is 20.8 Å². The molecule has 1 fully saturated rings. The third-order valence-corrected chi connectivity index (χ3v) is 6.80. The summed E-state index contributed by atoms with van der Waals surface area (Å²) in [6.07, 6.45) is -0.347. The molecule has 1 atom stereocenters. The van der Waals surface area contributed by atoms with E-state index in [9.17, 15) is 9.90 Å². The fraction of sp³-hybridized carbons (Fsp3) is 0.345. The normalized spacial score (nSPS) is 15.3. The molecule has 2 aromatic heterocycles. The van der Waals surface area contributed by atoms with Crippen LogP contribution < -0.4 is 0 Å². The van der Waals surface area contributed by atoms with Crippen LogP contribution in [-0.4, -0.2) is 63.8 Å². The van der Waals surface area contributed by atoms with E-state index >= 15 is 0 Å². The van der Waals surface area contributed by atoms with E-state index in [0.29, 0.717) is 37.5 Å². The molecule has 0 aliphatic carbocycles. The highest BCUT2D eigenvalue weighted by Crippen LogP contribution is 2.28. The second-order valence-electron chi connectivity index (χ2n) is 9.76. The molecule has 5 rings (SSSR count). The summed E-state index contributed by atoms with van der Waals surface area (Å²) in [4.78, 5) is 19.9. The second-order valence-corrected chi connectivity index (χ2v) is 9.76. The fourth-order valence-electron chi connectivity index (χ4n) is 4.92. The van der Waals surface area contributed by atoms with Gasteiger partial charge in [0.1, 0.15) is 6.10 Å². The largest absolute Gasteiger partial charge is 0.385 e. The lowest BCUT2D eigenvalue weighted by atomic mass is 9.96. The Morgan fingerprint density at radius 1 is 1.06 bits per heavy atom. The van der Waals surface area contributed by atoms with E-state index in [0.717, 1.165) is 57.6 Å². The maximum Gasteiger partial charge on any atom is 0.181 e. The number of rotatable bonds is 7. The number of nitrogens with one attached hydrogen (secondary N) is 1. The van der Waals surface area contributed by atoms with Gasteiger partial charge in [-0.25, -0.2) is 4.98 Å². The number of morpholine rings is 1. The summed E-state index contributed by atoms with van der Waals surface area (Å²) in [5.74, 6) is 0.103. The lowest BCUT2D eigenvalue weighted by molar-refractivity contribution is 0.0138. The Morgan fingerprint density at radius 2 is 1.81 bits per heavy atom. The molecule has 0 spiro atoms. The Morgan fingerprint density at radius 3 is 2.56 bits per heavy atom.